The minimum absolute atomic E-state index is 0.198. The molecule has 0 saturated heterocycles. The van der Waals surface area contributed by atoms with Gasteiger partial charge in [0.15, 0.2) is 0 Å². The summed E-state index contributed by atoms with van der Waals surface area (Å²) in [6.07, 6.45) is 2.46. The average molecular weight is 285 g/mol. The molecule has 0 bridgehead atoms. The second-order valence-electron chi connectivity index (χ2n) is 8.77. The van der Waals surface area contributed by atoms with E-state index in [1.54, 1.807) is 0 Å². The molecule has 0 amide bonds. The van der Waals surface area contributed by atoms with Crippen molar-refractivity contribution in [3.8, 4) is 0 Å². The van der Waals surface area contributed by atoms with Gasteiger partial charge in [-0.05, 0) is 58.4 Å². The summed E-state index contributed by atoms with van der Waals surface area (Å²) >= 11 is 0. The third-order valence-electron chi connectivity index (χ3n) is 4.99. The molecule has 1 atom stereocenters. The van der Waals surface area contributed by atoms with Gasteiger partial charge in [0.1, 0.15) is 0 Å². The summed E-state index contributed by atoms with van der Waals surface area (Å²) in [7, 11) is 2.28. The van der Waals surface area contributed by atoms with Crippen molar-refractivity contribution in [2.24, 2.45) is 10.8 Å². The van der Waals surface area contributed by atoms with Crippen LogP contribution >= 0.6 is 0 Å². The van der Waals surface area contributed by atoms with E-state index < -0.39 is 0 Å². The van der Waals surface area contributed by atoms with E-state index in [1.165, 1.54) is 19.4 Å². The maximum atomic E-state index is 3.72. The molecule has 0 saturated carbocycles. The maximum absolute atomic E-state index is 3.72. The number of hydrogen-bond acceptors (Lipinski definition) is 2. The summed E-state index contributed by atoms with van der Waals surface area (Å²) in [4.78, 5) is 2.55. The van der Waals surface area contributed by atoms with Crippen LogP contribution in [0.25, 0.3) is 0 Å². The van der Waals surface area contributed by atoms with Crippen molar-refractivity contribution in [1.29, 1.82) is 0 Å². The van der Waals surface area contributed by atoms with E-state index in [1.807, 2.05) is 0 Å². The molecule has 1 N–H and O–H groups in total. The molecule has 0 fully saturated rings. The van der Waals surface area contributed by atoms with Crippen LogP contribution < -0.4 is 5.32 Å². The fraction of sp³-hybridized carbons (Fsp3) is 1.00. The van der Waals surface area contributed by atoms with Crippen molar-refractivity contribution < 1.29 is 0 Å². The van der Waals surface area contributed by atoms with Crippen molar-refractivity contribution in [3.05, 3.63) is 0 Å². The summed E-state index contributed by atoms with van der Waals surface area (Å²) < 4.78 is 0. The third kappa shape index (κ3) is 6.58. The SMILES string of the molecule is CCC(CC)(CNC(C)(C)C)CN(C)C(C)C(C)(C)C. The first-order chi connectivity index (χ1) is 8.87. The Morgan fingerprint density at radius 3 is 1.70 bits per heavy atom. The fourth-order valence-corrected chi connectivity index (χ4v) is 2.56. The molecular weight excluding hydrogens is 244 g/mol. The maximum Gasteiger partial charge on any atom is 0.0113 e. The molecule has 0 rings (SSSR count). The smallest absolute Gasteiger partial charge is 0.0113 e. The lowest BCUT2D eigenvalue weighted by Gasteiger charge is -2.43. The third-order valence-corrected chi connectivity index (χ3v) is 4.99. The minimum Gasteiger partial charge on any atom is -0.311 e. The van der Waals surface area contributed by atoms with E-state index >= 15 is 0 Å². The van der Waals surface area contributed by atoms with E-state index in [0.717, 1.165) is 6.54 Å². The van der Waals surface area contributed by atoms with E-state index in [-0.39, 0.29) is 5.54 Å². The highest BCUT2D eigenvalue weighted by molar-refractivity contribution is 4.88. The first kappa shape index (κ1) is 19.9. The Bertz CT molecular complexity index is 266. The zero-order chi connectivity index (χ0) is 16.2. The topological polar surface area (TPSA) is 15.3 Å². The van der Waals surface area contributed by atoms with Crippen LogP contribution in [0.2, 0.25) is 0 Å². The molecule has 0 radical (unpaired) electrons. The number of hydrogen-bond donors (Lipinski definition) is 1. The summed E-state index contributed by atoms with van der Waals surface area (Å²) in [5, 5.41) is 3.72. The van der Waals surface area contributed by atoms with Crippen molar-refractivity contribution in [2.45, 2.75) is 86.7 Å². The van der Waals surface area contributed by atoms with Crippen LogP contribution in [0.3, 0.4) is 0 Å². The Hall–Kier alpha value is -0.0800. The quantitative estimate of drug-likeness (QED) is 0.738. The van der Waals surface area contributed by atoms with Crippen molar-refractivity contribution in [1.82, 2.24) is 10.2 Å². The fourth-order valence-electron chi connectivity index (χ4n) is 2.56. The van der Waals surface area contributed by atoms with Gasteiger partial charge in [0.25, 0.3) is 0 Å². The first-order valence-electron chi connectivity index (χ1n) is 8.32. The van der Waals surface area contributed by atoms with E-state index in [4.69, 9.17) is 0 Å². The van der Waals surface area contributed by atoms with E-state index in [0.29, 0.717) is 16.9 Å². The lowest BCUT2D eigenvalue weighted by atomic mass is 9.79. The summed E-state index contributed by atoms with van der Waals surface area (Å²) in [6, 6.07) is 0.592. The molecule has 0 aromatic heterocycles. The average Bonchev–Trinajstić information content (AvgIpc) is 2.31. The summed E-state index contributed by atoms with van der Waals surface area (Å²) in [6.45, 7) is 23.1. The molecule has 0 heterocycles. The predicted octanol–water partition coefficient (Wildman–Crippen LogP) is 4.55. The van der Waals surface area contributed by atoms with Gasteiger partial charge in [0.2, 0.25) is 0 Å². The predicted molar refractivity (Wildman–Crippen MR) is 92.3 cm³/mol. The highest BCUT2D eigenvalue weighted by atomic mass is 15.1. The molecule has 1 unspecified atom stereocenters. The normalized spacial score (nSPS) is 15.8. The zero-order valence-corrected chi connectivity index (χ0v) is 15.9. The Labute approximate surface area is 128 Å². The largest absolute Gasteiger partial charge is 0.311 e. The summed E-state index contributed by atoms with van der Waals surface area (Å²) in [5.74, 6) is 0. The van der Waals surface area contributed by atoms with Crippen LogP contribution in [0.5, 0.6) is 0 Å². The van der Waals surface area contributed by atoms with Crippen LogP contribution in [0, 0.1) is 10.8 Å². The molecule has 0 aliphatic carbocycles. The highest BCUT2D eigenvalue weighted by Crippen LogP contribution is 2.31. The lowest BCUT2D eigenvalue weighted by Crippen LogP contribution is -2.51. The van der Waals surface area contributed by atoms with Gasteiger partial charge in [-0.25, -0.2) is 0 Å². The number of nitrogens with one attached hydrogen (secondary N) is 1. The van der Waals surface area contributed by atoms with E-state index in [2.05, 4.69) is 79.6 Å². The Kier molecular flexibility index (Phi) is 7.24. The van der Waals surface area contributed by atoms with Crippen LogP contribution in [-0.2, 0) is 0 Å². The van der Waals surface area contributed by atoms with Gasteiger partial charge in [-0.3, -0.25) is 0 Å². The molecular formula is C18H40N2. The molecule has 2 nitrogen and oxygen atoms in total. The van der Waals surface area contributed by atoms with Crippen LogP contribution in [-0.4, -0.2) is 36.6 Å². The monoisotopic (exact) mass is 284 g/mol. The van der Waals surface area contributed by atoms with Crippen LogP contribution in [0.15, 0.2) is 0 Å². The number of nitrogens with zero attached hydrogens (tertiary/aromatic N) is 1. The van der Waals surface area contributed by atoms with Gasteiger partial charge in [-0.15, -0.1) is 0 Å². The molecule has 0 aromatic carbocycles. The van der Waals surface area contributed by atoms with Crippen molar-refractivity contribution in [2.75, 3.05) is 20.1 Å². The summed E-state index contributed by atoms with van der Waals surface area (Å²) in [5.41, 5.74) is 0.908. The van der Waals surface area contributed by atoms with E-state index in [9.17, 15) is 0 Å². The highest BCUT2D eigenvalue weighted by Gasteiger charge is 2.33. The molecule has 0 aromatic rings. The van der Waals surface area contributed by atoms with Gasteiger partial charge in [0, 0.05) is 24.7 Å². The van der Waals surface area contributed by atoms with Crippen molar-refractivity contribution >= 4 is 0 Å². The van der Waals surface area contributed by atoms with Gasteiger partial charge in [-0.2, -0.15) is 0 Å². The minimum atomic E-state index is 0.198. The van der Waals surface area contributed by atoms with Gasteiger partial charge in [0.05, 0.1) is 0 Å². The second kappa shape index (κ2) is 7.26. The van der Waals surface area contributed by atoms with Gasteiger partial charge < -0.3 is 10.2 Å². The van der Waals surface area contributed by atoms with Crippen LogP contribution in [0.1, 0.15) is 75.2 Å². The Balaban J connectivity index is 4.84. The molecule has 2 heteroatoms. The van der Waals surface area contributed by atoms with Gasteiger partial charge in [-0.1, -0.05) is 34.6 Å². The Morgan fingerprint density at radius 1 is 0.950 bits per heavy atom. The molecule has 20 heavy (non-hydrogen) atoms. The number of rotatable bonds is 7. The zero-order valence-electron chi connectivity index (χ0n) is 15.9. The van der Waals surface area contributed by atoms with Crippen LogP contribution in [0.4, 0.5) is 0 Å². The first-order valence-corrected chi connectivity index (χ1v) is 8.32. The van der Waals surface area contributed by atoms with Gasteiger partial charge >= 0.3 is 0 Å². The Morgan fingerprint density at radius 2 is 1.40 bits per heavy atom. The molecule has 0 aliphatic heterocycles. The molecule has 0 spiro atoms. The molecule has 122 valence electrons. The second-order valence-corrected chi connectivity index (χ2v) is 8.77. The standard InChI is InChI=1S/C18H40N2/c1-11-18(12-2,13-19-17(7,8)9)14-20(10)15(3)16(4,5)6/h15,19H,11-14H2,1-10H3. The van der Waals surface area contributed by atoms with Crippen molar-refractivity contribution in [3.63, 3.8) is 0 Å². The molecule has 0 aliphatic rings. The lowest BCUT2D eigenvalue weighted by molar-refractivity contribution is 0.0737.